The second-order valence-corrected chi connectivity index (χ2v) is 4.44. The van der Waals surface area contributed by atoms with E-state index in [1.807, 2.05) is 28.7 Å². The summed E-state index contributed by atoms with van der Waals surface area (Å²) in [6.45, 7) is 0. The number of rotatable bonds is 3. The zero-order chi connectivity index (χ0) is 11.4. The Balaban J connectivity index is 3.34. The highest BCUT2D eigenvalue weighted by Crippen LogP contribution is 2.30. The van der Waals surface area contributed by atoms with Gasteiger partial charge in [0.1, 0.15) is 0 Å². The third-order valence-electron chi connectivity index (χ3n) is 1.86. The minimum absolute atomic E-state index is 0.0206. The molecule has 0 aromatic carbocycles. The molecular formula is C9H6BrF2IN2. The van der Waals surface area contributed by atoms with E-state index < -0.39 is 6.43 Å². The van der Waals surface area contributed by atoms with Crippen molar-refractivity contribution in [2.75, 3.05) is 0 Å². The first-order chi connectivity index (χ1) is 7.11. The highest BCUT2D eigenvalue weighted by atomic mass is 127. The van der Waals surface area contributed by atoms with Gasteiger partial charge < -0.3 is 0 Å². The van der Waals surface area contributed by atoms with Gasteiger partial charge in [-0.15, -0.1) is 0 Å². The molecular weight excluding hydrogens is 381 g/mol. The summed E-state index contributed by atoms with van der Waals surface area (Å²) in [5.41, 5.74) is 0.830. The Morgan fingerprint density at radius 1 is 1.60 bits per heavy atom. The topological polar surface area (TPSA) is 36.7 Å². The predicted octanol–water partition coefficient (Wildman–Crippen LogP) is 3.58. The maximum Gasteiger partial charge on any atom is 0.265 e. The van der Waals surface area contributed by atoms with E-state index >= 15 is 0 Å². The SMILES string of the molecule is N#CCc1ncc(I)c(C(F)F)c1CBr. The molecule has 0 amide bonds. The Labute approximate surface area is 108 Å². The number of nitriles is 1. The van der Waals surface area contributed by atoms with E-state index in [4.69, 9.17) is 5.26 Å². The average Bonchev–Trinajstić information content (AvgIpc) is 2.19. The van der Waals surface area contributed by atoms with Crippen molar-refractivity contribution in [3.63, 3.8) is 0 Å². The summed E-state index contributed by atoms with van der Waals surface area (Å²) < 4.78 is 25.9. The summed E-state index contributed by atoms with van der Waals surface area (Å²) in [6.07, 6.45) is -1.11. The van der Waals surface area contributed by atoms with Crippen LogP contribution in [0, 0.1) is 14.9 Å². The lowest BCUT2D eigenvalue weighted by Crippen LogP contribution is -2.04. The van der Waals surface area contributed by atoms with Crippen molar-refractivity contribution in [1.29, 1.82) is 5.26 Å². The lowest BCUT2D eigenvalue weighted by atomic mass is 10.1. The van der Waals surface area contributed by atoms with Gasteiger partial charge in [0.05, 0.1) is 18.2 Å². The normalized spacial score (nSPS) is 10.4. The number of halogens is 4. The molecule has 1 aromatic rings. The third-order valence-corrected chi connectivity index (χ3v) is 3.28. The largest absolute Gasteiger partial charge is 0.265 e. The number of alkyl halides is 3. The highest BCUT2D eigenvalue weighted by Gasteiger charge is 2.19. The Hall–Kier alpha value is -0.290. The van der Waals surface area contributed by atoms with E-state index in [1.165, 1.54) is 6.20 Å². The second kappa shape index (κ2) is 5.70. The van der Waals surface area contributed by atoms with E-state index in [-0.39, 0.29) is 17.3 Å². The van der Waals surface area contributed by atoms with E-state index in [0.29, 0.717) is 14.8 Å². The summed E-state index contributed by atoms with van der Waals surface area (Å²) in [5, 5.41) is 8.83. The summed E-state index contributed by atoms with van der Waals surface area (Å²) in [6, 6.07) is 1.91. The Kier molecular flexibility index (Phi) is 4.86. The molecule has 0 bridgehead atoms. The van der Waals surface area contributed by atoms with Gasteiger partial charge in [-0.2, -0.15) is 5.26 Å². The van der Waals surface area contributed by atoms with Gasteiger partial charge in [0.25, 0.3) is 6.43 Å². The molecule has 80 valence electrons. The zero-order valence-electron chi connectivity index (χ0n) is 7.48. The van der Waals surface area contributed by atoms with E-state index in [1.54, 1.807) is 0 Å². The zero-order valence-corrected chi connectivity index (χ0v) is 11.2. The van der Waals surface area contributed by atoms with Gasteiger partial charge in [0.15, 0.2) is 0 Å². The van der Waals surface area contributed by atoms with Gasteiger partial charge in [-0.3, -0.25) is 4.98 Å². The lowest BCUT2D eigenvalue weighted by molar-refractivity contribution is 0.149. The van der Waals surface area contributed by atoms with Gasteiger partial charge in [-0.1, -0.05) is 15.9 Å². The molecule has 0 saturated carbocycles. The standard InChI is InChI=1S/C9H6BrF2IN2/c10-3-5-7(1-2-14)15-4-6(13)8(5)9(11)12/h4,9H,1,3H2. The number of pyridine rings is 1. The molecule has 6 heteroatoms. The fourth-order valence-electron chi connectivity index (χ4n) is 1.19. The first-order valence-electron chi connectivity index (χ1n) is 3.99. The number of hydrogen-bond donors (Lipinski definition) is 0. The molecule has 0 saturated heterocycles. The van der Waals surface area contributed by atoms with Crippen LogP contribution in [-0.4, -0.2) is 4.98 Å². The quantitative estimate of drug-likeness (QED) is 0.588. The molecule has 0 N–H and O–H groups in total. The molecule has 0 radical (unpaired) electrons. The fraction of sp³-hybridized carbons (Fsp3) is 0.333. The molecule has 15 heavy (non-hydrogen) atoms. The fourth-order valence-corrected chi connectivity index (χ4v) is 2.52. The molecule has 0 atom stereocenters. The Morgan fingerprint density at radius 2 is 2.27 bits per heavy atom. The summed E-state index contributed by atoms with van der Waals surface area (Å²) >= 11 is 4.97. The maximum atomic E-state index is 12.8. The van der Waals surface area contributed by atoms with Crippen molar-refractivity contribution < 1.29 is 8.78 Å². The van der Waals surface area contributed by atoms with Gasteiger partial charge in [0.2, 0.25) is 0 Å². The number of nitrogens with zero attached hydrogens (tertiary/aromatic N) is 2. The van der Waals surface area contributed by atoms with E-state index in [2.05, 4.69) is 20.9 Å². The van der Waals surface area contributed by atoms with Crippen molar-refractivity contribution in [2.24, 2.45) is 0 Å². The van der Waals surface area contributed by atoms with Crippen LogP contribution >= 0.6 is 38.5 Å². The molecule has 0 aliphatic heterocycles. The van der Waals surface area contributed by atoms with Crippen LogP contribution in [0.5, 0.6) is 0 Å². The molecule has 0 aliphatic carbocycles. The van der Waals surface area contributed by atoms with Crippen LogP contribution in [0.4, 0.5) is 8.78 Å². The van der Waals surface area contributed by atoms with Crippen LogP contribution in [0.25, 0.3) is 0 Å². The summed E-state index contributed by atoms with van der Waals surface area (Å²) in [5.74, 6) is 0. The maximum absolute atomic E-state index is 12.8. The smallest absolute Gasteiger partial charge is 0.259 e. The van der Waals surface area contributed by atoms with Crippen LogP contribution in [0.2, 0.25) is 0 Å². The van der Waals surface area contributed by atoms with Crippen LogP contribution < -0.4 is 0 Å². The van der Waals surface area contributed by atoms with Gasteiger partial charge in [-0.25, -0.2) is 8.78 Å². The van der Waals surface area contributed by atoms with Crippen molar-refractivity contribution in [3.05, 3.63) is 26.6 Å². The van der Waals surface area contributed by atoms with Crippen molar-refractivity contribution in [1.82, 2.24) is 4.98 Å². The van der Waals surface area contributed by atoms with E-state index in [9.17, 15) is 8.78 Å². The highest BCUT2D eigenvalue weighted by molar-refractivity contribution is 14.1. The number of aromatic nitrogens is 1. The molecule has 2 nitrogen and oxygen atoms in total. The van der Waals surface area contributed by atoms with Crippen LogP contribution in [-0.2, 0) is 11.8 Å². The number of hydrogen-bond acceptors (Lipinski definition) is 2. The summed E-state index contributed by atoms with van der Waals surface area (Å²) in [7, 11) is 0. The van der Waals surface area contributed by atoms with Crippen LogP contribution in [0.1, 0.15) is 23.2 Å². The molecule has 1 heterocycles. The monoisotopic (exact) mass is 386 g/mol. The molecule has 1 rings (SSSR count). The third kappa shape index (κ3) is 2.84. The Morgan fingerprint density at radius 3 is 2.73 bits per heavy atom. The van der Waals surface area contributed by atoms with Crippen molar-refractivity contribution in [2.45, 2.75) is 18.2 Å². The van der Waals surface area contributed by atoms with Gasteiger partial charge in [-0.05, 0) is 28.2 Å². The van der Waals surface area contributed by atoms with Crippen molar-refractivity contribution >= 4 is 38.5 Å². The Bertz CT molecular complexity index is 404. The predicted molar refractivity (Wildman–Crippen MR) is 63.9 cm³/mol. The lowest BCUT2D eigenvalue weighted by Gasteiger charge is -2.11. The summed E-state index contributed by atoms with van der Waals surface area (Å²) in [4.78, 5) is 3.99. The molecule has 0 spiro atoms. The first kappa shape index (κ1) is 12.8. The van der Waals surface area contributed by atoms with E-state index in [0.717, 1.165) is 0 Å². The van der Waals surface area contributed by atoms with Crippen molar-refractivity contribution in [3.8, 4) is 6.07 Å². The van der Waals surface area contributed by atoms with Gasteiger partial charge >= 0.3 is 0 Å². The van der Waals surface area contributed by atoms with Crippen LogP contribution in [0.3, 0.4) is 0 Å². The molecule has 1 aromatic heterocycles. The minimum Gasteiger partial charge on any atom is -0.259 e. The first-order valence-corrected chi connectivity index (χ1v) is 6.19. The molecule has 0 fully saturated rings. The van der Waals surface area contributed by atoms with Crippen LogP contribution in [0.15, 0.2) is 6.20 Å². The van der Waals surface area contributed by atoms with Gasteiger partial charge in [0, 0.05) is 20.7 Å². The minimum atomic E-state index is -2.54. The molecule has 0 unspecified atom stereocenters. The molecule has 0 aliphatic rings. The average molecular weight is 387 g/mol. The second-order valence-electron chi connectivity index (χ2n) is 2.71.